The minimum absolute atomic E-state index is 0.154. The molecule has 0 atom stereocenters. The van der Waals surface area contributed by atoms with E-state index in [0.29, 0.717) is 28.9 Å². The summed E-state index contributed by atoms with van der Waals surface area (Å²) in [6.45, 7) is 6.33. The van der Waals surface area contributed by atoms with Crippen LogP contribution in [-0.4, -0.2) is 29.9 Å². The van der Waals surface area contributed by atoms with Crippen molar-refractivity contribution in [3.05, 3.63) is 72.6 Å². The second-order valence-electron chi connectivity index (χ2n) is 7.30. The SMILES string of the molecule is CCNc1cc(Nc2ccc(NS(=O)(=O)c3ccc(-c4coc(C)n4)cc3)cc2)nc(C)n1. The van der Waals surface area contributed by atoms with Crippen LogP contribution in [0, 0.1) is 13.8 Å². The highest BCUT2D eigenvalue weighted by Crippen LogP contribution is 2.24. The van der Waals surface area contributed by atoms with Crippen LogP contribution in [0.2, 0.25) is 0 Å². The lowest BCUT2D eigenvalue weighted by atomic mass is 10.2. The summed E-state index contributed by atoms with van der Waals surface area (Å²) in [6, 6.07) is 15.2. The molecule has 4 aromatic rings. The Morgan fingerprint density at radius 3 is 2.18 bits per heavy atom. The largest absolute Gasteiger partial charge is 0.449 e. The number of sulfonamides is 1. The first kappa shape index (κ1) is 22.3. The maximum Gasteiger partial charge on any atom is 0.261 e. The van der Waals surface area contributed by atoms with Crippen LogP contribution in [0.3, 0.4) is 0 Å². The lowest BCUT2D eigenvalue weighted by molar-refractivity contribution is 0.521. The maximum atomic E-state index is 12.8. The molecule has 0 bridgehead atoms. The first-order valence-corrected chi connectivity index (χ1v) is 11.8. The number of rotatable bonds is 8. The molecule has 2 aromatic heterocycles. The molecule has 0 amide bonds. The number of anilines is 4. The Bertz CT molecular complexity index is 1350. The number of hydrogen-bond donors (Lipinski definition) is 3. The normalized spacial score (nSPS) is 11.2. The number of aryl methyl sites for hydroxylation is 2. The number of aromatic nitrogens is 3. The van der Waals surface area contributed by atoms with Crippen molar-refractivity contribution in [3.63, 3.8) is 0 Å². The van der Waals surface area contributed by atoms with Crippen molar-refractivity contribution in [3.8, 4) is 11.3 Å². The molecule has 10 heteroatoms. The van der Waals surface area contributed by atoms with Gasteiger partial charge in [0.2, 0.25) is 0 Å². The van der Waals surface area contributed by atoms with Crippen molar-refractivity contribution in [2.24, 2.45) is 0 Å². The van der Waals surface area contributed by atoms with Gasteiger partial charge in [-0.25, -0.2) is 23.4 Å². The summed E-state index contributed by atoms with van der Waals surface area (Å²) >= 11 is 0. The number of nitrogens with zero attached hydrogens (tertiary/aromatic N) is 3. The van der Waals surface area contributed by atoms with Gasteiger partial charge >= 0.3 is 0 Å². The van der Waals surface area contributed by atoms with E-state index in [0.717, 1.165) is 23.6 Å². The average molecular weight is 465 g/mol. The Morgan fingerprint density at radius 2 is 1.55 bits per heavy atom. The summed E-state index contributed by atoms with van der Waals surface area (Å²) in [4.78, 5) is 13.1. The van der Waals surface area contributed by atoms with E-state index in [1.807, 2.05) is 19.9 Å². The topological polar surface area (TPSA) is 122 Å². The Balaban J connectivity index is 1.45. The third-order valence-electron chi connectivity index (χ3n) is 4.68. The number of benzene rings is 2. The molecule has 0 fully saturated rings. The van der Waals surface area contributed by atoms with Crippen LogP contribution in [0.1, 0.15) is 18.6 Å². The summed E-state index contributed by atoms with van der Waals surface area (Å²) in [5, 5.41) is 6.37. The van der Waals surface area contributed by atoms with Crippen LogP contribution in [0.15, 0.2) is 70.2 Å². The Labute approximate surface area is 192 Å². The molecule has 0 radical (unpaired) electrons. The quantitative estimate of drug-likeness (QED) is 0.342. The molecule has 0 saturated heterocycles. The molecule has 0 spiro atoms. The van der Waals surface area contributed by atoms with Gasteiger partial charge in [-0.05, 0) is 50.2 Å². The van der Waals surface area contributed by atoms with Gasteiger partial charge in [0.15, 0.2) is 5.89 Å². The summed E-state index contributed by atoms with van der Waals surface area (Å²) in [7, 11) is -3.74. The van der Waals surface area contributed by atoms with Crippen LogP contribution in [0.25, 0.3) is 11.3 Å². The molecule has 0 aliphatic heterocycles. The standard InChI is InChI=1S/C23H24N6O3S/c1-4-24-22-13-23(26-15(2)25-22)28-18-7-9-19(10-8-18)29-33(30,31)20-11-5-17(6-12-20)21-14-32-16(3)27-21/h5-14,29H,4H2,1-3H3,(H2,24,25,26,28). The Morgan fingerprint density at radius 1 is 0.879 bits per heavy atom. The van der Waals surface area contributed by atoms with E-state index < -0.39 is 10.0 Å². The third-order valence-corrected chi connectivity index (χ3v) is 6.08. The molecular weight excluding hydrogens is 440 g/mol. The van der Waals surface area contributed by atoms with Gasteiger partial charge in [-0.3, -0.25) is 4.72 Å². The van der Waals surface area contributed by atoms with E-state index in [-0.39, 0.29) is 4.90 Å². The Kier molecular flexibility index (Phi) is 6.27. The van der Waals surface area contributed by atoms with Gasteiger partial charge in [-0.15, -0.1) is 0 Å². The molecule has 170 valence electrons. The lowest BCUT2D eigenvalue weighted by Gasteiger charge is -2.11. The van der Waals surface area contributed by atoms with Crippen LogP contribution < -0.4 is 15.4 Å². The van der Waals surface area contributed by atoms with Gasteiger partial charge in [0.05, 0.1) is 4.90 Å². The molecule has 0 aliphatic rings. The van der Waals surface area contributed by atoms with E-state index >= 15 is 0 Å². The van der Waals surface area contributed by atoms with Crippen LogP contribution in [-0.2, 0) is 10.0 Å². The number of oxazole rings is 1. The van der Waals surface area contributed by atoms with Crippen LogP contribution in [0.5, 0.6) is 0 Å². The summed E-state index contributed by atoms with van der Waals surface area (Å²) in [5.41, 5.74) is 2.65. The smallest absolute Gasteiger partial charge is 0.261 e. The van der Waals surface area contributed by atoms with Gasteiger partial charge in [0, 0.05) is 36.5 Å². The second kappa shape index (κ2) is 9.29. The fourth-order valence-corrected chi connectivity index (χ4v) is 4.25. The molecule has 0 saturated carbocycles. The molecule has 3 N–H and O–H groups in total. The first-order valence-electron chi connectivity index (χ1n) is 10.3. The van der Waals surface area contributed by atoms with E-state index in [1.54, 1.807) is 43.3 Å². The average Bonchev–Trinajstić information content (AvgIpc) is 3.21. The van der Waals surface area contributed by atoms with Crippen molar-refractivity contribution in [1.82, 2.24) is 15.0 Å². The summed E-state index contributed by atoms with van der Waals surface area (Å²) in [6.07, 6.45) is 1.54. The predicted molar refractivity (Wildman–Crippen MR) is 128 cm³/mol. The third kappa shape index (κ3) is 5.47. The molecule has 33 heavy (non-hydrogen) atoms. The first-order chi connectivity index (χ1) is 15.8. The molecule has 0 aliphatic carbocycles. The fraction of sp³-hybridized carbons (Fsp3) is 0.174. The molecule has 2 heterocycles. The van der Waals surface area contributed by atoms with Crippen molar-refractivity contribution >= 4 is 33.0 Å². The van der Waals surface area contributed by atoms with E-state index in [1.165, 1.54) is 18.4 Å². The highest BCUT2D eigenvalue weighted by Gasteiger charge is 2.15. The van der Waals surface area contributed by atoms with Crippen LogP contribution in [0.4, 0.5) is 23.0 Å². The van der Waals surface area contributed by atoms with Crippen molar-refractivity contribution in [2.45, 2.75) is 25.7 Å². The van der Waals surface area contributed by atoms with Gasteiger partial charge in [0.1, 0.15) is 29.4 Å². The van der Waals surface area contributed by atoms with Crippen molar-refractivity contribution in [1.29, 1.82) is 0 Å². The Hall–Kier alpha value is -3.92. The minimum atomic E-state index is -3.74. The fourth-order valence-electron chi connectivity index (χ4n) is 3.19. The van der Waals surface area contributed by atoms with Gasteiger partial charge in [-0.2, -0.15) is 0 Å². The molecule has 4 rings (SSSR count). The molecular formula is C23H24N6O3S. The lowest BCUT2D eigenvalue weighted by Crippen LogP contribution is -2.12. The minimum Gasteiger partial charge on any atom is -0.449 e. The van der Waals surface area contributed by atoms with E-state index in [4.69, 9.17) is 4.42 Å². The summed E-state index contributed by atoms with van der Waals surface area (Å²) in [5.74, 6) is 2.58. The second-order valence-corrected chi connectivity index (χ2v) is 8.98. The molecule has 0 unspecified atom stereocenters. The zero-order valence-corrected chi connectivity index (χ0v) is 19.3. The van der Waals surface area contributed by atoms with E-state index in [9.17, 15) is 8.42 Å². The number of nitrogens with one attached hydrogen (secondary N) is 3. The zero-order chi connectivity index (χ0) is 23.4. The van der Waals surface area contributed by atoms with E-state index in [2.05, 4.69) is 30.3 Å². The van der Waals surface area contributed by atoms with Gasteiger partial charge in [0.25, 0.3) is 10.0 Å². The van der Waals surface area contributed by atoms with Crippen molar-refractivity contribution in [2.75, 3.05) is 21.9 Å². The van der Waals surface area contributed by atoms with Crippen LogP contribution >= 0.6 is 0 Å². The van der Waals surface area contributed by atoms with Gasteiger partial charge in [-0.1, -0.05) is 12.1 Å². The predicted octanol–water partition coefficient (Wildman–Crippen LogP) is 4.72. The zero-order valence-electron chi connectivity index (χ0n) is 18.5. The number of hydrogen-bond acceptors (Lipinski definition) is 8. The maximum absolute atomic E-state index is 12.8. The molecule has 9 nitrogen and oxygen atoms in total. The highest BCUT2D eigenvalue weighted by atomic mass is 32.2. The summed E-state index contributed by atoms with van der Waals surface area (Å²) < 4.78 is 33.4. The van der Waals surface area contributed by atoms with Gasteiger partial charge < -0.3 is 15.1 Å². The van der Waals surface area contributed by atoms with Crippen molar-refractivity contribution < 1.29 is 12.8 Å². The molecule has 2 aromatic carbocycles. The highest BCUT2D eigenvalue weighted by molar-refractivity contribution is 7.92. The monoisotopic (exact) mass is 464 g/mol.